The van der Waals surface area contributed by atoms with Gasteiger partial charge in [0.2, 0.25) is 9.84 Å². The van der Waals surface area contributed by atoms with Gasteiger partial charge in [0.15, 0.2) is 0 Å². The molecule has 2 aromatic rings. The highest BCUT2D eigenvalue weighted by molar-refractivity contribution is 7.98. The normalized spacial score (nSPS) is 12.6. The molecule has 0 fully saturated rings. The molecule has 39 heavy (non-hydrogen) atoms. The first-order chi connectivity index (χ1) is 18.6. The second-order valence-electron chi connectivity index (χ2n) is 8.02. The molecule has 0 saturated heterocycles. The predicted octanol–water partition coefficient (Wildman–Crippen LogP) is 2.57. The lowest BCUT2D eigenvalue weighted by atomic mass is 10.2. The monoisotopic (exact) mass is 596 g/mol. The molecular formula is C26H32N2O8S3. The van der Waals surface area contributed by atoms with Crippen molar-refractivity contribution in [3.63, 3.8) is 0 Å². The van der Waals surface area contributed by atoms with Crippen molar-refractivity contribution in [2.24, 2.45) is 0 Å². The van der Waals surface area contributed by atoms with Crippen LogP contribution in [0.2, 0.25) is 0 Å². The molecule has 0 aliphatic carbocycles. The van der Waals surface area contributed by atoms with Gasteiger partial charge < -0.3 is 20.1 Å². The van der Waals surface area contributed by atoms with Gasteiger partial charge in [0.05, 0.1) is 23.0 Å². The number of benzene rings is 2. The van der Waals surface area contributed by atoms with E-state index in [0.29, 0.717) is 11.5 Å². The van der Waals surface area contributed by atoms with Crippen LogP contribution in [0.1, 0.15) is 34.6 Å². The van der Waals surface area contributed by atoms with E-state index >= 15 is 0 Å². The van der Waals surface area contributed by atoms with E-state index in [4.69, 9.17) is 9.47 Å². The Morgan fingerprint density at radius 2 is 1.03 bits per heavy atom. The van der Waals surface area contributed by atoms with E-state index in [1.807, 2.05) is 0 Å². The number of nitrogens with one attached hydrogen (secondary N) is 2. The zero-order valence-corrected chi connectivity index (χ0v) is 24.5. The van der Waals surface area contributed by atoms with Crippen molar-refractivity contribution >= 4 is 57.1 Å². The minimum atomic E-state index is -3.95. The molecular weight excluding hydrogens is 564 g/mol. The number of esters is 2. The molecule has 212 valence electrons. The fourth-order valence-corrected chi connectivity index (χ4v) is 5.71. The summed E-state index contributed by atoms with van der Waals surface area (Å²) in [6, 6.07) is 8.94. The van der Waals surface area contributed by atoms with Crippen molar-refractivity contribution in [2.75, 3.05) is 37.2 Å². The van der Waals surface area contributed by atoms with Gasteiger partial charge in [-0.1, -0.05) is 0 Å². The quantitative estimate of drug-likeness (QED) is 0.312. The fourth-order valence-electron chi connectivity index (χ4n) is 3.35. The number of ether oxygens (including phenoxy) is 2. The number of carbonyl (C=O) groups excluding carboxylic acids is 4. The Bertz CT molecular complexity index is 1160. The number of rotatable bonds is 14. The van der Waals surface area contributed by atoms with Crippen molar-refractivity contribution in [1.82, 2.24) is 10.6 Å². The fraction of sp³-hybridized carbons (Fsp3) is 0.385. The summed E-state index contributed by atoms with van der Waals surface area (Å²) in [4.78, 5) is 49.3. The Morgan fingerprint density at radius 1 is 0.692 bits per heavy atom. The van der Waals surface area contributed by atoms with Gasteiger partial charge >= 0.3 is 11.9 Å². The highest BCUT2D eigenvalue weighted by Crippen LogP contribution is 2.22. The molecule has 0 spiro atoms. The molecule has 0 heterocycles. The number of amides is 2. The number of hydrogen-bond donors (Lipinski definition) is 2. The minimum absolute atomic E-state index is 0.0512. The Labute approximate surface area is 236 Å². The molecule has 0 aromatic heterocycles. The topological polar surface area (TPSA) is 145 Å². The van der Waals surface area contributed by atoms with E-state index in [-0.39, 0.29) is 34.1 Å². The molecule has 10 nitrogen and oxygen atoms in total. The maximum absolute atomic E-state index is 13.1. The zero-order valence-electron chi connectivity index (χ0n) is 22.1. The average Bonchev–Trinajstić information content (AvgIpc) is 2.92. The maximum Gasteiger partial charge on any atom is 0.329 e. The summed E-state index contributed by atoms with van der Waals surface area (Å²) in [7, 11) is -3.95. The summed E-state index contributed by atoms with van der Waals surface area (Å²) in [5, 5.41) is 5.22. The maximum atomic E-state index is 13.1. The molecule has 2 amide bonds. The van der Waals surface area contributed by atoms with Crippen LogP contribution >= 0.6 is 23.5 Å². The largest absolute Gasteiger partial charge is 0.464 e. The van der Waals surface area contributed by atoms with Crippen LogP contribution in [0.4, 0.5) is 0 Å². The lowest BCUT2D eigenvalue weighted by molar-refractivity contribution is -0.145. The number of hydrogen-bond acceptors (Lipinski definition) is 10. The van der Waals surface area contributed by atoms with Gasteiger partial charge in [0.25, 0.3) is 11.8 Å². The molecule has 2 N–H and O–H groups in total. The van der Waals surface area contributed by atoms with Crippen LogP contribution in [0.15, 0.2) is 58.3 Å². The Morgan fingerprint density at radius 3 is 1.31 bits per heavy atom. The van der Waals surface area contributed by atoms with Crippen molar-refractivity contribution < 1.29 is 37.1 Å². The Balaban J connectivity index is 2.14. The van der Waals surface area contributed by atoms with Gasteiger partial charge in [0.1, 0.15) is 12.1 Å². The van der Waals surface area contributed by atoms with Crippen LogP contribution in [0.3, 0.4) is 0 Å². The zero-order chi connectivity index (χ0) is 29.0. The Hall–Kier alpha value is -3.03. The molecule has 13 heteroatoms. The van der Waals surface area contributed by atoms with Crippen molar-refractivity contribution in [3.8, 4) is 0 Å². The molecule has 0 bridgehead atoms. The third-order valence-electron chi connectivity index (χ3n) is 5.27. The van der Waals surface area contributed by atoms with Crippen LogP contribution in [-0.4, -0.2) is 81.5 Å². The third kappa shape index (κ3) is 9.01. The highest BCUT2D eigenvalue weighted by atomic mass is 32.2. The first-order valence-corrected chi connectivity index (χ1v) is 16.2. The third-order valence-corrected chi connectivity index (χ3v) is 8.39. The summed E-state index contributed by atoms with van der Waals surface area (Å²) in [6.07, 6.45) is 3.59. The van der Waals surface area contributed by atoms with E-state index in [2.05, 4.69) is 10.6 Å². The standard InChI is InChI=1S/C26H32N2O8S3/c1-5-35-25(31)21(15-37-3)27-23(29)17-7-11-19(12-8-17)39(33,34)20-13-9-18(10-14-20)24(30)28-22(16-38-4)26(32)36-6-2/h7-14,21-22H,5-6,15-16H2,1-4H3,(H,27,29)(H,28,30). The van der Waals surface area contributed by atoms with E-state index in [0.717, 1.165) is 0 Å². The molecule has 2 unspecified atom stereocenters. The van der Waals surface area contributed by atoms with Crippen LogP contribution in [-0.2, 0) is 28.9 Å². The summed E-state index contributed by atoms with van der Waals surface area (Å²) in [5.74, 6) is -1.51. The molecule has 0 aliphatic heterocycles. The van der Waals surface area contributed by atoms with Gasteiger partial charge in [-0.2, -0.15) is 23.5 Å². The predicted molar refractivity (Wildman–Crippen MR) is 151 cm³/mol. The first-order valence-electron chi connectivity index (χ1n) is 12.0. The van der Waals surface area contributed by atoms with Gasteiger partial charge in [-0.15, -0.1) is 0 Å². The van der Waals surface area contributed by atoms with Gasteiger partial charge in [-0.05, 0) is 74.9 Å². The number of sulfone groups is 1. The molecule has 2 aromatic carbocycles. The van der Waals surface area contributed by atoms with Crippen LogP contribution in [0.25, 0.3) is 0 Å². The number of carbonyl (C=O) groups is 4. The lowest BCUT2D eigenvalue weighted by Gasteiger charge is -2.16. The Kier molecular flexibility index (Phi) is 12.8. The van der Waals surface area contributed by atoms with E-state index in [9.17, 15) is 27.6 Å². The second-order valence-corrected chi connectivity index (χ2v) is 11.8. The van der Waals surface area contributed by atoms with Crippen molar-refractivity contribution in [3.05, 3.63) is 59.7 Å². The average molecular weight is 597 g/mol. The van der Waals surface area contributed by atoms with Gasteiger partial charge in [-0.25, -0.2) is 18.0 Å². The summed E-state index contributed by atoms with van der Waals surface area (Å²) < 4.78 is 36.2. The highest BCUT2D eigenvalue weighted by Gasteiger charge is 2.25. The van der Waals surface area contributed by atoms with E-state index < -0.39 is 45.7 Å². The van der Waals surface area contributed by atoms with Crippen molar-refractivity contribution in [1.29, 1.82) is 0 Å². The first kappa shape index (κ1) is 32.2. The SMILES string of the molecule is CCOC(=O)C(CSC)NC(=O)c1ccc(S(=O)(=O)c2ccc(C(=O)NC(CSC)C(=O)OCC)cc2)cc1. The summed E-state index contributed by atoms with van der Waals surface area (Å²) in [6.45, 7) is 3.71. The van der Waals surface area contributed by atoms with Crippen LogP contribution in [0.5, 0.6) is 0 Å². The van der Waals surface area contributed by atoms with Crippen LogP contribution < -0.4 is 10.6 Å². The minimum Gasteiger partial charge on any atom is -0.464 e. The summed E-state index contributed by atoms with van der Waals surface area (Å²) in [5.41, 5.74) is 0.357. The van der Waals surface area contributed by atoms with E-state index in [1.54, 1.807) is 26.4 Å². The summed E-state index contributed by atoms with van der Waals surface area (Å²) >= 11 is 2.75. The number of thioether (sulfide) groups is 2. The van der Waals surface area contributed by atoms with Gasteiger partial charge in [-0.3, -0.25) is 9.59 Å². The second kappa shape index (κ2) is 15.5. The smallest absolute Gasteiger partial charge is 0.329 e. The molecule has 2 rings (SSSR count). The van der Waals surface area contributed by atoms with E-state index in [1.165, 1.54) is 72.1 Å². The van der Waals surface area contributed by atoms with Gasteiger partial charge in [0, 0.05) is 22.6 Å². The molecule has 0 aliphatic rings. The molecule has 0 saturated carbocycles. The van der Waals surface area contributed by atoms with Crippen molar-refractivity contribution in [2.45, 2.75) is 35.7 Å². The van der Waals surface area contributed by atoms with Crippen LogP contribution in [0, 0.1) is 0 Å². The molecule has 2 atom stereocenters. The molecule has 0 radical (unpaired) electrons. The lowest BCUT2D eigenvalue weighted by Crippen LogP contribution is -2.43.